The van der Waals surface area contributed by atoms with Gasteiger partial charge in [0.05, 0.1) is 0 Å². The van der Waals surface area contributed by atoms with Crippen molar-refractivity contribution in [2.45, 2.75) is 26.2 Å². The van der Waals surface area contributed by atoms with Crippen LogP contribution in [0.2, 0.25) is 0 Å². The summed E-state index contributed by atoms with van der Waals surface area (Å²) in [6.45, 7) is 5.59. The van der Waals surface area contributed by atoms with Gasteiger partial charge in [0.25, 0.3) is 0 Å². The molecular weight excluding hydrogens is 188 g/mol. The minimum atomic E-state index is 0.128. The first kappa shape index (κ1) is 11.5. The summed E-state index contributed by atoms with van der Waals surface area (Å²) in [7, 11) is 0. The van der Waals surface area contributed by atoms with E-state index >= 15 is 0 Å². The van der Waals surface area contributed by atoms with Crippen LogP contribution in [0.25, 0.3) is 0 Å². The number of Topliss-reactive ketones (excluding diaryl/α,β-unsaturated/α-hetero) is 1. The van der Waals surface area contributed by atoms with E-state index in [2.05, 4.69) is 6.58 Å². The zero-order chi connectivity index (χ0) is 11.3. The zero-order valence-electron chi connectivity index (χ0n) is 8.99. The van der Waals surface area contributed by atoms with Crippen LogP contribution in [-0.4, -0.2) is 10.9 Å². The molecule has 0 unspecified atom stereocenters. The van der Waals surface area contributed by atoms with Crippen LogP contribution >= 0.6 is 0 Å². The summed E-state index contributed by atoms with van der Waals surface area (Å²) in [6, 6.07) is 4.98. The molecular formula is C13H16O2. The first-order valence-corrected chi connectivity index (χ1v) is 5.15. The van der Waals surface area contributed by atoms with Crippen LogP contribution in [0.3, 0.4) is 0 Å². The summed E-state index contributed by atoms with van der Waals surface area (Å²) in [6.07, 6.45) is 3.69. The quantitative estimate of drug-likeness (QED) is 0.591. The number of rotatable bonds is 5. The number of hydrogen-bond donors (Lipinski definition) is 1. The van der Waals surface area contributed by atoms with E-state index in [0.29, 0.717) is 18.4 Å². The SMILES string of the molecule is C=CCc1cc(C(=O)CCC)ccc1O. The Morgan fingerprint density at radius 3 is 2.87 bits per heavy atom. The van der Waals surface area contributed by atoms with Gasteiger partial charge in [-0.05, 0) is 36.6 Å². The number of aromatic hydroxyl groups is 1. The van der Waals surface area contributed by atoms with Crippen molar-refractivity contribution >= 4 is 5.78 Å². The molecule has 0 aromatic heterocycles. The van der Waals surface area contributed by atoms with Gasteiger partial charge in [0, 0.05) is 12.0 Å². The predicted molar refractivity (Wildman–Crippen MR) is 61.2 cm³/mol. The molecule has 0 aliphatic heterocycles. The van der Waals surface area contributed by atoms with E-state index in [-0.39, 0.29) is 11.5 Å². The number of ketones is 1. The lowest BCUT2D eigenvalue weighted by atomic mass is 10.0. The molecule has 0 atom stereocenters. The summed E-state index contributed by atoms with van der Waals surface area (Å²) in [5, 5.41) is 9.52. The lowest BCUT2D eigenvalue weighted by molar-refractivity contribution is 0.0981. The van der Waals surface area contributed by atoms with Crippen LogP contribution in [0.15, 0.2) is 30.9 Å². The van der Waals surface area contributed by atoms with Gasteiger partial charge < -0.3 is 5.11 Å². The average molecular weight is 204 g/mol. The van der Waals surface area contributed by atoms with Crippen molar-refractivity contribution in [1.82, 2.24) is 0 Å². The summed E-state index contributed by atoms with van der Waals surface area (Å²) in [5.41, 5.74) is 1.43. The first-order valence-electron chi connectivity index (χ1n) is 5.15. The molecule has 1 N–H and O–H groups in total. The average Bonchev–Trinajstić information content (AvgIpc) is 2.22. The molecule has 15 heavy (non-hydrogen) atoms. The molecule has 0 spiro atoms. The molecule has 0 aliphatic rings. The fourth-order valence-electron chi connectivity index (χ4n) is 1.45. The summed E-state index contributed by atoms with van der Waals surface area (Å²) < 4.78 is 0. The maximum Gasteiger partial charge on any atom is 0.162 e. The van der Waals surface area contributed by atoms with Gasteiger partial charge in [0.2, 0.25) is 0 Å². The number of phenols is 1. The molecule has 1 aromatic rings. The molecule has 1 aromatic carbocycles. The molecule has 80 valence electrons. The highest BCUT2D eigenvalue weighted by Crippen LogP contribution is 2.20. The molecule has 1 rings (SSSR count). The maximum atomic E-state index is 11.6. The first-order chi connectivity index (χ1) is 7.19. The number of carbonyl (C=O) groups excluding carboxylic acids is 1. The van der Waals surface area contributed by atoms with Crippen LogP contribution in [-0.2, 0) is 6.42 Å². The Balaban J connectivity index is 2.96. The second kappa shape index (κ2) is 5.35. The topological polar surface area (TPSA) is 37.3 Å². The molecule has 0 saturated carbocycles. The second-order valence-electron chi connectivity index (χ2n) is 3.51. The monoisotopic (exact) mass is 204 g/mol. The van der Waals surface area contributed by atoms with E-state index in [4.69, 9.17) is 0 Å². The Morgan fingerprint density at radius 2 is 2.27 bits per heavy atom. The third-order valence-corrected chi connectivity index (χ3v) is 2.24. The van der Waals surface area contributed by atoms with Crippen LogP contribution in [0, 0.1) is 0 Å². The Morgan fingerprint density at radius 1 is 1.53 bits per heavy atom. The van der Waals surface area contributed by atoms with E-state index in [9.17, 15) is 9.90 Å². The molecule has 0 fully saturated rings. The minimum Gasteiger partial charge on any atom is -0.508 e. The van der Waals surface area contributed by atoms with E-state index < -0.39 is 0 Å². The lowest BCUT2D eigenvalue weighted by Crippen LogP contribution is -1.99. The molecule has 2 heteroatoms. The fraction of sp³-hybridized carbons (Fsp3) is 0.308. The van der Waals surface area contributed by atoms with Crippen molar-refractivity contribution < 1.29 is 9.90 Å². The summed E-state index contributed by atoms with van der Waals surface area (Å²) >= 11 is 0. The van der Waals surface area contributed by atoms with Crippen LogP contribution in [0.1, 0.15) is 35.7 Å². The number of benzene rings is 1. The standard InChI is InChI=1S/C13H16O2/c1-3-5-10-9-11(7-8-13(10)15)12(14)6-4-2/h3,7-9,15H,1,4-6H2,2H3. The van der Waals surface area contributed by atoms with E-state index in [1.807, 2.05) is 6.92 Å². The smallest absolute Gasteiger partial charge is 0.162 e. The highest BCUT2D eigenvalue weighted by atomic mass is 16.3. The van der Waals surface area contributed by atoms with Gasteiger partial charge in [0.1, 0.15) is 5.75 Å². The van der Waals surface area contributed by atoms with Gasteiger partial charge in [-0.25, -0.2) is 0 Å². The lowest BCUT2D eigenvalue weighted by Gasteiger charge is -2.04. The van der Waals surface area contributed by atoms with Crippen molar-refractivity contribution in [3.8, 4) is 5.75 Å². The molecule has 0 radical (unpaired) electrons. The third kappa shape index (κ3) is 2.94. The van der Waals surface area contributed by atoms with Crippen LogP contribution < -0.4 is 0 Å². The van der Waals surface area contributed by atoms with E-state index in [1.54, 1.807) is 24.3 Å². The number of carbonyl (C=O) groups is 1. The maximum absolute atomic E-state index is 11.6. The van der Waals surface area contributed by atoms with Gasteiger partial charge >= 0.3 is 0 Å². The largest absolute Gasteiger partial charge is 0.508 e. The highest BCUT2D eigenvalue weighted by Gasteiger charge is 2.07. The Labute approximate surface area is 90.3 Å². The van der Waals surface area contributed by atoms with Gasteiger partial charge in [-0.15, -0.1) is 6.58 Å². The second-order valence-corrected chi connectivity index (χ2v) is 3.51. The normalized spacial score (nSPS) is 9.93. The predicted octanol–water partition coefficient (Wildman–Crippen LogP) is 3.10. The van der Waals surface area contributed by atoms with Crippen LogP contribution in [0.4, 0.5) is 0 Å². The molecule has 0 amide bonds. The minimum absolute atomic E-state index is 0.128. The van der Waals surface area contributed by atoms with Crippen molar-refractivity contribution in [1.29, 1.82) is 0 Å². The van der Waals surface area contributed by atoms with Gasteiger partial charge in [0.15, 0.2) is 5.78 Å². The molecule has 0 heterocycles. The van der Waals surface area contributed by atoms with Crippen molar-refractivity contribution in [3.05, 3.63) is 42.0 Å². The molecule has 2 nitrogen and oxygen atoms in total. The third-order valence-electron chi connectivity index (χ3n) is 2.24. The Kier molecular flexibility index (Phi) is 4.10. The number of phenolic OH excluding ortho intramolecular Hbond substituents is 1. The Bertz CT molecular complexity index is 367. The number of allylic oxidation sites excluding steroid dienone is 1. The summed E-state index contributed by atoms with van der Waals surface area (Å²) in [4.78, 5) is 11.6. The zero-order valence-corrected chi connectivity index (χ0v) is 8.99. The van der Waals surface area contributed by atoms with Crippen molar-refractivity contribution in [2.75, 3.05) is 0 Å². The van der Waals surface area contributed by atoms with Crippen molar-refractivity contribution in [3.63, 3.8) is 0 Å². The van der Waals surface area contributed by atoms with Crippen molar-refractivity contribution in [2.24, 2.45) is 0 Å². The van der Waals surface area contributed by atoms with Gasteiger partial charge in [-0.2, -0.15) is 0 Å². The van der Waals surface area contributed by atoms with Gasteiger partial charge in [-0.3, -0.25) is 4.79 Å². The molecule has 0 aliphatic carbocycles. The highest BCUT2D eigenvalue weighted by molar-refractivity contribution is 5.96. The Hall–Kier alpha value is -1.57. The van der Waals surface area contributed by atoms with Crippen LogP contribution in [0.5, 0.6) is 5.75 Å². The summed E-state index contributed by atoms with van der Waals surface area (Å²) in [5.74, 6) is 0.353. The van der Waals surface area contributed by atoms with E-state index in [1.165, 1.54) is 0 Å². The van der Waals surface area contributed by atoms with Gasteiger partial charge in [-0.1, -0.05) is 13.0 Å². The number of hydrogen-bond acceptors (Lipinski definition) is 2. The molecule has 0 saturated heterocycles. The van der Waals surface area contributed by atoms with E-state index in [0.717, 1.165) is 12.0 Å². The molecule has 0 bridgehead atoms. The fourth-order valence-corrected chi connectivity index (χ4v) is 1.45.